The molecular formula is C12H15NO2. The third kappa shape index (κ3) is 2.49. The lowest BCUT2D eigenvalue weighted by molar-refractivity contribution is -0.124. The van der Waals surface area contributed by atoms with Gasteiger partial charge in [-0.05, 0) is 38.0 Å². The number of rotatable bonds is 2. The van der Waals surface area contributed by atoms with Gasteiger partial charge in [0, 0.05) is 19.2 Å². The van der Waals surface area contributed by atoms with Crippen LogP contribution in [0.3, 0.4) is 0 Å². The molecule has 80 valence electrons. The number of carbonyl (C=O) groups excluding carboxylic acids is 1. The molecule has 2 rings (SSSR count). The van der Waals surface area contributed by atoms with Crippen molar-refractivity contribution in [2.24, 2.45) is 0 Å². The van der Waals surface area contributed by atoms with E-state index < -0.39 is 0 Å². The van der Waals surface area contributed by atoms with Gasteiger partial charge in [-0.3, -0.25) is 4.79 Å². The standard InChI is InChI=1S/C12H15NO2/c1-10-4-5-11(15-10)6-7-12(14)13-8-2-3-9-13/h4-7H,2-3,8-9H2,1H3. The molecule has 1 fully saturated rings. The Morgan fingerprint density at radius 2 is 2.13 bits per heavy atom. The van der Waals surface area contributed by atoms with Crippen LogP contribution < -0.4 is 0 Å². The fraction of sp³-hybridized carbons (Fsp3) is 0.417. The number of furan rings is 1. The zero-order chi connectivity index (χ0) is 10.7. The smallest absolute Gasteiger partial charge is 0.246 e. The molecule has 0 aliphatic carbocycles. The van der Waals surface area contributed by atoms with E-state index in [9.17, 15) is 4.79 Å². The van der Waals surface area contributed by atoms with Gasteiger partial charge >= 0.3 is 0 Å². The molecule has 3 heteroatoms. The molecule has 1 aromatic heterocycles. The first-order chi connectivity index (χ1) is 7.25. The molecule has 0 N–H and O–H groups in total. The number of nitrogens with zero attached hydrogens (tertiary/aromatic N) is 1. The quantitative estimate of drug-likeness (QED) is 0.694. The van der Waals surface area contributed by atoms with Crippen LogP contribution in [0.15, 0.2) is 22.6 Å². The monoisotopic (exact) mass is 205 g/mol. The third-order valence-corrected chi connectivity index (χ3v) is 2.57. The second kappa shape index (κ2) is 4.34. The van der Waals surface area contributed by atoms with Crippen LogP contribution in [-0.2, 0) is 4.79 Å². The fourth-order valence-corrected chi connectivity index (χ4v) is 1.74. The van der Waals surface area contributed by atoms with Crippen molar-refractivity contribution < 1.29 is 9.21 Å². The summed E-state index contributed by atoms with van der Waals surface area (Å²) in [6, 6.07) is 3.75. The number of likely N-dealkylation sites (tertiary alicyclic amines) is 1. The zero-order valence-corrected chi connectivity index (χ0v) is 8.90. The lowest BCUT2D eigenvalue weighted by atomic mass is 10.3. The normalized spacial score (nSPS) is 16.5. The number of hydrogen-bond acceptors (Lipinski definition) is 2. The van der Waals surface area contributed by atoms with E-state index in [1.165, 1.54) is 0 Å². The molecule has 0 bridgehead atoms. The Kier molecular flexibility index (Phi) is 2.90. The number of amides is 1. The summed E-state index contributed by atoms with van der Waals surface area (Å²) < 4.78 is 5.34. The Morgan fingerprint density at radius 1 is 1.40 bits per heavy atom. The molecule has 0 saturated carbocycles. The van der Waals surface area contributed by atoms with Crippen LogP contribution in [0.5, 0.6) is 0 Å². The average Bonchev–Trinajstić information content (AvgIpc) is 2.84. The average molecular weight is 205 g/mol. The highest BCUT2D eigenvalue weighted by Crippen LogP contribution is 2.11. The molecule has 0 atom stereocenters. The molecule has 1 aliphatic rings. The molecule has 3 nitrogen and oxygen atoms in total. The van der Waals surface area contributed by atoms with Crippen LogP contribution in [-0.4, -0.2) is 23.9 Å². The zero-order valence-electron chi connectivity index (χ0n) is 8.90. The lowest BCUT2D eigenvalue weighted by Crippen LogP contribution is -2.25. The van der Waals surface area contributed by atoms with Crippen molar-refractivity contribution in [1.82, 2.24) is 4.90 Å². The van der Waals surface area contributed by atoms with E-state index in [1.54, 1.807) is 12.2 Å². The minimum atomic E-state index is 0.0848. The van der Waals surface area contributed by atoms with Crippen LogP contribution in [0.1, 0.15) is 24.4 Å². The maximum absolute atomic E-state index is 11.6. The molecular weight excluding hydrogens is 190 g/mol. The predicted octanol–water partition coefficient (Wildman–Crippen LogP) is 2.22. The van der Waals surface area contributed by atoms with Crippen molar-refractivity contribution in [2.75, 3.05) is 13.1 Å². The molecule has 0 radical (unpaired) electrons. The largest absolute Gasteiger partial charge is 0.462 e. The van der Waals surface area contributed by atoms with Crippen LogP contribution in [0.4, 0.5) is 0 Å². The van der Waals surface area contributed by atoms with Crippen molar-refractivity contribution >= 4 is 12.0 Å². The third-order valence-electron chi connectivity index (χ3n) is 2.57. The molecule has 15 heavy (non-hydrogen) atoms. The number of aryl methyl sites for hydroxylation is 1. The Hall–Kier alpha value is -1.51. The highest BCUT2D eigenvalue weighted by atomic mass is 16.3. The molecule has 0 aromatic carbocycles. The van der Waals surface area contributed by atoms with Crippen molar-refractivity contribution in [3.63, 3.8) is 0 Å². The first-order valence-corrected chi connectivity index (χ1v) is 5.29. The minimum absolute atomic E-state index is 0.0848. The Balaban J connectivity index is 1.95. The molecule has 0 spiro atoms. The number of carbonyl (C=O) groups is 1. The second-order valence-corrected chi connectivity index (χ2v) is 3.81. The molecule has 1 amide bonds. The Morgan fingerprint density at radius 3 is 2.73 bits per heavy atom. The van der Waals surface area contributed by atoms with Gasteiger partial charge in [0.15, 0.2) is 0 Å². The summed E-state index contributed by atoms with van der Waals surface area (Å²) in [7, 11) is 0. The van der Waals surface area contributed by atoms with Crippen LogP contribution in [0.2, 0.25) is 0 Å². The Labute approximate surface area is 89.4 Å². The van der Waals surface area contributed by atoms with E-state index in [-0.39, 0.29) is 5.91 Å². The Bertz CT molecular complexity index is 373. The number of hydrogen-bond donors (Lipinski definition) is 0. The molecule has 1 aliphatic heterocycles. The fourth-order valence-electron chi connectivity index (χ4n) is 1.74. The van der Waals surface area contributed by atoms with Gasteiger partial charge in [-0.15, -0.1) is 0 Å². The van der Waals surface area contributed by atoms with E-state index >= 15 is 0 Å². The molecule has 0 unspecified atom stereocenters. The maximum atomic E-state index is 11.6. The van der Waals surface area contributed by atoms with Gasteiger partial charge in [0.05, 0.1) is 0 Å². The summed E-state index contributed by atoms with van der Waals surface area (Å²) in [5.74, 6) is 1.69. The predicted molar refractivity (Wildman–Crippen MR) is 58.3 cm³/mol. The maximum Gasteiger partial charge on any atom is 0.246 e. The van der Waals surface area contributed by atoms with E-state index in [1.807, 2.05) is 24.0 Å². The van der Waals surface area contributed by atoms with Gasteiger partial charge < -0.3 is 9.32 Å². The first-order valence-electron chi connectivity index (χ1n) is 5.29. The molecule has 1 saturated heterocycles. The van der Waals surface area contributed by atoms with Gasteiger partial charge in [-0.1, -0.05) is 0 Å². The van der Waals surface area contributed by atoms with Gasteiger partial charge in [0.1, 0.15) is 11.5 Å². The highest BCUT2D eigenvalue weighted by Gasteiger charge is 2.14. The molecule has 2 heterocycles. The second-order valence-electron chi connectivity index (χ2n) is 3.81. The van der Waals surface area contributed by atoms with Crippen molar-refractivity contribution in [3.8, 4) is 0 Å². The van der Waals surface area contributed by atoms with Crippen molar-refractivity contribution in [1.29, 1.82) is 0 Å². The summed E-state index contributed by atoms with van der Waals surface area (Å²) in [6.45, 7) is 3.67. The summed E-state index contributed by atoms with van der Waals surface area (Å²) in [6.07, 6.45) is 5.57. The van der Waals surface area contributed by atoms with Crippen molar-refractivity contribution in [2.45, 2.75) is 19.8 Å². The van der Waals surface area contributed by atoms with Crippen LogP contribution in [0, 0.1) is 6.92 Å². The summed E-state index contributed by atoms with van der Waals surface area (Å²) in [4.78, 5) is 13.5. The van der Waals surface area contributed by atoms with Crippen molar-refractivity contribution in [3.05, 3.63) is 29.7 Å². The first kappa shape index (κ1) is 10.0. The lowest BCUT2D eigenvalue weighted by Gasteiger charge is -2.11. The van der Waals surface area contributed by atoms with Crippen LogP contribution >= 0.6 is 0 Å². The van der Waals surface area contributed by atoms with E-state index in [0.717, 1.165) is 37.5 Å². The topological polar surface area (TPSA) is 33.5 Å². The summed E-state index contributed by atoms with van der Waals surface area (Å²) in [5, 5.41) is 0. The summed E-state index contributed by atoms with van der Waals surface area (Å²) >= 11 is 0. The minimum Gasteiger partial charge on any atom is -0.462 e. The summed E-state index contributed by atoms with van der Waals surface area (Å²) in [5.41, 5.74) is 0. The van der Waals surface area contributed by atoms with Gasteiger partial charge in [-0.2, -0.15) is 0 Å². The van der Waals surface area contributed by atoms with E-state index in [4.69, 9.17) is 4.42 Å². The SMILES string of the molecule is Cc1ccc(C=CC(=O)N2CCCC2)o1. The van der Waals surface area contributed by atoms with E-state index in [0.29, 0.717) is 0 Å². The molecule has 1 aromatic rings. The van der Waals surface area contributed by atoms with Crippen LogP contribution in [0.25, 0.3) is 6.08 Å². The highest BCUT2D eigenvalue weighted by molar-refractivity contribution is 5.91. The van der Waals surface area contributed by atoms with Gasteiger partial charge in [-0.25, -0.2) is 0 Å². The van der Waals surface area contributed by atoms with Gasteiger partial charge in [0.25, 0.3) is 0 Å². The van der Waals surface area contributed by atoms with Gasteiger partial charge in [0.2, 0.25) is 5.91 Å². The van der Waals surface area contributed by atoms with E-state index in [2.05, 4.69) is 0 Å².